The van der Waals surface area contributed by atoms with Gasteiger partial charge in [-0.3, -0.25) is 9.59 Å². The van der Waals surface area contributed by atoms with Gasteiger partial charge in [-0.15, -0.1) is 0 Å². The molecule has 2 N–H and O–H groups in total. The molecule has 5 rings (SSSR count). The first-order valence-electron chi connectivity index (χ1n) is 13.0. The van der Waals surface area contributed by atoms with E-state index in [2.05, 4.69) is 76.4 Å². The highest BCUT2D eigenvalue weighted by molar-refractivity contribution is 6.32. The van der Waals surface area contributed by atoms with Crippen LogP contribution in [0.15, 0.2) is 84.9 Å². The fourth-order valence-electron chi connectivity index (χ4n) is 4.87. The zero-order valence-corrected chi connectivity index (χ0v) is 22.9. The van der Waals surface area contributed by atoms with Gasteiger partial charge in [-0.1, -0.05) is 90.1 Å². The number of ketones is 2. The van der Waals surface area contributed by atoms with Crippen LogP contribution in [0.1, 0.15) is 84.5 Å². The smallest absolute Gasteiger partial charge is 0.196 e. The van der Waals surface area contributed by atoms with E-state index < -0.39 is 0 Å². The van der Waals surface area contributed by atoms with Crippen LogP contribution in [-0.4, -0.2) is 11.6 Å². The van der Waals surface area contributed by atoms with Gasteiger partial charge >= 0.3 is 0 Å². The number of anilines is 4. The van der Waals surface area contributed by atoms with Crippen molar-refractivity contribution in [2.45, 2.75) is 52.4 Å². The highest BCUT2D eigenvalue weighted by Crippen LogP contribution is 2.37. The fraction of sp³-hybridized carbons (Fsp3) is 0.235. The van der Waals surface area contributed by atoms with Crippen molar-refractivity contribution in [3.8, 4) is 0 Å². The van der Waals surface area contributed by atoms with E-state index in [0.717, 1.165) is 11.4 Å². The molecule has 0 saturated heterocycles. The van der Waals surface area contributed by atoms with Gasteiger partial charge in [-0.05, 0) is 58.4 Å². The van der Waals surface area contributed by atoms with Crippen LogP contribution in [0.4, 0.5) is 22.7 Å². The second kappa shape index (κ2) is 9.29. The number of benzene rings is 4. The molecule has 1 aliphatic rings. The van der Waals surface area contributed by atoms with Crippen LogP contribution in [0.3, 0.4) is 0 Å². The van der Waals surface area contributed by atoms with Gasteiger partial charge in [0.25, 0.3) is 0 Å². The zero-order valence-electron chi connectivity index (χ0n) is 22.9. The molecule has 0 radical (unpaired) electrons. The third-order valence-electron chi connectivity index (χ3n) is 7.13. The van der Waals surface area contributed by atoms with E-state index in [1.807, 2.05) is 48.5 Å². The highest BCUT2D eigenvalue weighted by Gasteiger charge is 2.33. The molecule has 0 spiro atoms. The normalized spacial score (nSPS) is 13.1. The maximum atomic E-state index is 13.8. The Balaban J connectivity index is 1.48. The minimum Gasteiger partial charge on any atom is -0.355 e. The van der Waals surface area contributed by atoms with Crippen molar-refractivity contribution < 1.29 is 9.59 Å². The second-order valence-electron chi connectivity index (χ2n) is 12.0. The molecule has 38 heavy (non-hydrogen) atoms. The van der Waals surface area contributed by atoms with Crippen molar-refractivity contribution in [2.75, 3.05) is 10.6 Å². The number of carbonyl (C=O) groups is 2. The molecule has 4 heteroatoms. The molecular weight excluding hydrogens is 468 g/mol. The third kappa shape index (κ3) is 4.74. The lowest BCUT2D eigenvalue weighted by Gasteiger charge is -2.24. The van der Waals surface area contributed by atoms with Crippen molar-refractivity contribution in [3.63, 3.8) is 0 Å². The monoisotopic (exact) mass is 502 g/mol. The lowest BCUT2D eigenvalue weighted by molar-refractivity contribution is 0.0980. The fourth-order valence-corrected chi connectivity index (χ4v) is 4.87. The Bertz CT molecular complexity index is 1410. The van der Waals surface area contributed by atoms with E-state index in [9.17, 15) is 9.59 Å². The average Bonchev–Trinajstić information content (AvgIpc) is 2.87. The van der Waals surface area contributed by atoms with Gasteiger partial charge in [-0.2, -0.15) is 0 Å². The first kappa shape index (κ1) is 25.5. The Labute approximate surface area is 225 Å². The Hall–Kier alpha value is -4.18. The maximum absolute atomic E-state index is 13.8. The van der Waals surface area contributed by atoms with E-state index in [0.29, 0.717) is 33.6 Å². The Kier molecular flexibility index (Phi) is 6.22. The molecule has 0 fully saturated rings. The third-order valence-corrected chi connectivity index (χ3v) is 7.13. The van der Waals surface area contributed by atoms with Crippen LogP contribution in [-0.2, 0) is 10.8 Å². The summed E-state index contributed by atoms with van der Waals surface area (Å²) in [7, 11) is 0. The van der Waals surface area contributed by atoms with Gasteiger partial charge < -0.3 is 10.6 Å². The lowest BCUT2D eigenvalue weighted by atomic mass is 9.82. The van der Waals surface area contributed by atoms with Gasteiger partial charge in [0.05, 0.1) is 22.5 Å². The van der Waals surface area contributed by atoms with E-state index in [1.165, 1.54) is 11.1 Å². The second-order valence-corrected chi connectivity index (χ2v) is 12.0. The highest BCUT2D eigenvalue weighted by atomic mass is 16.1. The molecule has 192 valence electrons. The summed E-state index contributed by atoms with van der Waals surface area (Å²) < 4.78 is 0. The number of nitrogens with one attached hydrogen (secondary N) is 2. The van der Waals surface area contributed by atoms with Crippen LogP contribution >= 0.6 is 0 Å². The number of carbonyl (C=O) groups excluding carboxylic acids is 2. The van der Waals surface area contributed by atoms with Crippen LogP contribution in [0.5, 0.6) is 0 Å². The van der Waals surface area contributed by atoms with Gasteiger partial charge in [0.15, 0.2) is 11.6 Å². The molecular formula is C34H34N2O2. The summed E-state index contributed by atoms with van der Waals surface area (Å²) >= 11 is 0. The summed E-state index contributed by atoms with van der Waals surface area (Å²) in [6.45, 7) is 13.1. The van der Waals surface area contributed by atoms with Crippen molar-refractivity contribution in [1.82, 2.24) is 0 Å². The summed E-state index contributed by atoms with van der Waals surface area (Å²) in [5, 5.41) is 6.75. The van der Waals surface area contributed by atoms with Crippen LogP contribution in [0.25, 0.3) is 0 Å². The quantitative estimate of drug-likeness (QED) is 0.258. The minimum atomic E-state index is -0.157. The first-order chi connectivity index (χ1) is 17.9. The molecule has 0 saturated carbocycles. The van der Waals surface area contributed by atoms with Gasteiger partial charge in [-0.25, -0.2) is 0 Å². The molecule has 0 bridgehead atoms. The Morgan fingerprint density at radius 3 is 1.13 bits per heavy atom. The lowest BCUT2D eigenvalue weighted by Crippen LogP contribution is -2.23. The van der Waals surface area contributed by atoms with E-state index in [4.69, 9.17) is 0 Å². The van der Waals surface area contributed by atoms with E-state index >= 15 is 0 Å². The van der Waals surface area contributed by atoms with Crippen molar-refractivity contribution in [3.05, 3.63) is 118 Å². The standard InChI is InChI=1S/C34H34N2O2/c1-33(2,3)21-13-17-23(18-14-21)35-27-11-7-9-25-29(27)31(37)26-10-8-12-28(30(26)32(25)38)36-24-19-15-22(16-20-24)34(4,5)6/h7-20,35-36H,1-6H3. The van der Waals surface area contributed by atoms with Crippen LogP contribution < -0.4 is 10.6 Å². The topological polar surface area (TPSA) is 58.2 Å². The predicted octanol–water partition coefficient (Wildman–Crippen LogP) is 8.54. The summed E-state index contributed by atoms with van der Waals surface area (Å²) in [6.07, 6.45) is 0. The van der Waals surface area contributed by atoms with Crippen LogP contribution in [0, 0.1) is 0 Å². The molecule has 0 atom stereocenters. The average molecular weight is 503 g/mol. The Morgan fingerprint density at radius 1 is 0.474 bits per heavy atom. The number of hydrogen-bond acceptors (Lipinski definition) is 4. The summed E-state index contributed by atoms with van der Waals surface area (Å²) in [5.41, 5.74) is 7.21. The molecule has 0 amide bonds. The summed E-state index contributed by atoms with van der Waals surface area (Å²) in [6, 6.07) is 27.2. The minimum absolute atomic E-state index is 0.0525. The predicted molar refractivity (Wildman–Crippen MR) is 157 cm³/mol. The number of rotatable bonds is 4. The maximum Gasteiger partial charge on any atom is 0.196 e. The van der Waals surface area contributed by atoms with Crippen molar-refractivity contribution >= 4 is 34.3 Å². The molecule has 0 aromatic heterocycles. The number of hydrogen-bond donors (Lipinski definition) is 2. The molecule has 4 nitrogen and oxygen atoms in total. The zero-order chi connectivity index (χ0) is 27.2. The van der Waals surface area contributed by atoms with Crippen molar-refractivity contribution in [1.29, 1.82) is 0 Å². The largest absolute Gasteiger partial charge is 0.355 e. The summed E-state index contributed by atoms with van der Waals surface area (Å²) in [5.74, 6) is -0.313. The Morgan fingerprint density at radius 2 is 0.816 bits per heavy atom. The SMILES string of the molecule is CC(C)(C)c1ccc(Nc2cccc3c2C(=O)c2cccc(Nc4ccc(C(C)(C)C)cc4)c2C3=O)cc1. The van der Waals surface area contributed by atoms with Gasteiger partial charge in [0, 0.05) is 22.5 Å². The molecule has 0 unspecified atom stereocenters. The molecule has 4 aromatic rings. The number of fused-ring (bicyclic) bond motifs is 2. The van der Waals surface area contributed by atoms with Gasteiger partial charge in [0.1, 0.15) is 0 Å². The summed E-state index contributed by atoms with van der Waals surface area (Å²) in [4.78, 5) is 27.6. The molecule has 4 aromatic carbocycles. The van der Waals surface area contributed by atoms with E-state index in [1.54, 1.807) is 12.1 Å². The first-order valence-corrected chi connectivity index (χ1v) is 13.0. The van der Waals surface area contributed by atoms with Crippen LogP contribution in [0.2, 0.25) is 0 Å². The molecule has 0 aliphatic heterocycles. The van der Waals surface area contributed by atoms with Crippen molar-refractivity contribution in [2.24, 2.45) is 0 Å². The van der Waals surface area contributed by atoms with E-state index in [-0.39, 0.29) is 22.4 Å². The van der Waals surface area contributed by atoms with Gasteiger partial charge in [0.2, 0.25) is 0 Å². The molecule has 1 aliphatic carbocycles. The molecule has 0 heterocycles.